The van der Waals surface area contributed by atoms with E-state index in [4.69, 9.17) is 0 Å². The zero-order chi connectivity index (χ0) is 11.4. The van der Waals surface area contributed by atoms with Crippen LogP contribution in [0, 0.1) is 6.92 Å². The number of H-pyrrole nitrogens is 1. The molecule has 5 nitrogen and oxygen atoms in total. The second-order valence-corrected chi connectivity index (χ2v) is 4.51. The summed E-state index contributed by atoms with van der Waals surface area (Å²) >= 11 is 0.945. The van der Waals surface area contributed by atoms with Crippen LogP contribution in [0.25, 0.3) is 0 Å². The number of carbonyl (C=O) groups excluding carboxylic acids is 1. The van der Waals surface area contributed by atoms with Gasteiger partial charge in [-0.05, 0) is 21.0 Å². The highest BCUT2D eigenvalue weighted by atomic mass is 32.1. The van der Waals surface area contributed by atoms with Crippen molar-refractivity contribution in [1.82, 2.24) is 15.2 Å². The van der Waals surface area contributed by atoms with E-state index < -0.39 is 0 Å². The molecule has 0 atom stereocenters. The Balaban J connectivity index is 2.54. The number of nitrogens with one attached hydrogen (secondary N) is 2. The molecule has 0 aliphatic carbocycles. The number of carbonyl (C=O) groups is 1. The third kappa shape index (κ3) is 3.49. The van der Waals surface area contributed by atoms with E-state index in [1.165, 1.54) is 0 Å². The quantitative estimate of drug-likeness (QED) is 0.766. The van der Waals surface area contributed by atoms with Crippen LogP contribution in [0.5, 0.6) is 0 Å². The summed E-state index contributed by atoms with van der Waals surface area (Å²) in [6, 6.07) is 0. The van der Waals surface area contributed by atoms with Crippen LogP contribution in [0.4, 0.5) is 0 Å². The van der Waals surface area contributed by atoms with Crippen molar-refractivity contribution in [3.8, 4) is 0 Å². The predicted molar refractivity (Wildman–Crippen MR) is 60.6 cm³/mol. The Bertz CT molecular complexity index is 394. The standard InChI is InChI=1S/C9H15N3O2S/c1-6-7(15-9(14)11-6)8(13)10-4-5-12(2)3/h4-5H2,1-3H3,(H,10,13)(H,11,14). The van der Waals surface area contributed by atoms with Gasteiger partial charge in [-0.1, -0.05) is 11.3 Å². The second-order valence-electron chi connectivity index (χ2n) is 3.53. The van der Waals surface area contributed by atoms with Gasteiger partial charge >= 0.3 is 4.87 Å². The maximum Gasteiger partial charge on any atom is 0.305 e. The van der Waals surface area contributed by atoms with Gasteiger partial charge in [-0.15, -0.1) is 0 Å². The molecule has 15 heavy (non-hydrogen) atoms. The lowest BCUT2D eigenvalue weighted by molar-refractivity contribution is 0.0954. The van der Waals surface area contributed by atoms with Gasteiger partial charge in [0.05, 0.1) is 0 Å². The third-order valence-corrected chi connectivity index (χ3v) is 2.86. The summed E-state index contributed by atoms with van der Waals surface area (Å²) in [5.74, 6) is -0.183. The number of likely N-dealkylation sites (N-methyl/N-ethyl adjacent to an activating group) is 1. The minimum absolute atomic E-state index is 0.183. The first-order valence-electron chi connectivity index (χ1n) is 4.63. The fraction of sp³-hybridized carbons (Fsp3) is 0.556. The minimum Gasteiger partial charge on any atom is -0.350 e. The van der Waals surface area contributed by atoms with Gasteiger partial charge in [0.15, 0.2) is 0 Å². The summed E-state index contributed by atoms with van der Waals surface area (Å²) in [4.78, 5) is 27.4. The summed E-state index contributed by atoms with van der Waals surface area (Å²) in [6.07, 6.45) is 0. The monoisotopic (exact) mass is 229 g/mol. The van der Waals surface area contributed by atoms with Crippen molar-refractivity contribution >= 4 is 17.2 Å². The number of amides is 1. The van der Waals surface area contributed by atoms with Crippen LogP contribution in [-0.2, 0) is 0 Å². The largest absolute Gasteiger partial charge is 0.350 e. The predicted octanol–water partition coefficient (Wildman–Crippen LogP) is 0.0362. The molecule has 0 radical (unpaired) electrons. The molecular formula is C9H15N3O2S. The van der Waals surface area contributed by atoms with Crippen LogP contribution in [0.3, 0.4) is 0 Å². The van der Waals surface area contributed by atoms with Crippen molar-refractivity contribution in [3.63, 3.8) is 0 Å². The van der Waals surface area contributed by atoms with Crippen molar-refractivity contribution in [2.45, 2.75) is 6.92 Å². The van der Waals surface area contributed by atoms with Gasteiger partial charge in [0.25, 0.3) is 5.91 Å². The Hall–Kier alpha value is -1.14. The zero-order valence-corrected chi connectivity index (χ0v) is 9.90. The molecule has 1 rings (SSSR count). The number of aromatic amines is 1. The highest BCUT2D eigenvalue weighted by molar-refractivity contribution is 7.11. The maximum atomic E-state index is 11.6. The van der Waals surface area contributed by atoms with Gasteiger partial charge in [-0.3, -0.25) is 9.59 Å². The summed E-state index contributed by atoms with van der Waals surface area (Å²) in [5.41, 5.74) is 0.632. The van der Waals surface area contributed by atoms with Crippen LogP contribution in [0.1, 0.15) is 15.4 Å². The van der Waals surface area contributed by atoms with E-state index >= 15 is 0 Å². The number of hydrogen-bond donors (Lipinski definition) is 2. The molecule has 0 aromatic carbocycles. The van der Waals surface area contributed by atoms with Crippen molar-refractivity contribution < 1.29 is 4.79 Å². The summed E-state index contributed by atoms with van der Waals surface area (Å²) in [5, 5.41) is 2.76. The molecule has 2 N–H and O–H groups in total. The van der Waals surface area contributed by atoms with Crippen LogP contribution >= 0.6 is 11.3 Å². The first-order chi connectivity index (χ1) is 7.00. The smallest absolute Gasteiger partial charge is 0.305 e. The lowest BCUT2D eigenvalue weighted by Crippen LogP contribution is -2.31. The molecule has 0 spiro atoms. The van der Waals surface area contributed by atoms with Gasteiger partial charge in [0.2, 0.25) is 0 Å². The van der Waals surface area contributed by atoms with E-state index in [1.807, 2.05) is 19.0 Å². The number of aryl methyl sites for hydroxylation is 1. The van der Waals surface area contributed by atoms with Crippen molar-refractivity contribution in [2.24, 2.45) is 0 Å². The number of aromatic nitrogens is 1. The number of hydrogen-bond acceptors (Lipinski definition) is 4. The van der Waals surface area contributed by atoms with Gasteiger partial charge in [-0.25, -0.2) is 0 Å². The molecule has 1 aromatic heterocycles. The Morgan fingerprint density at radius 3 is 2.67 bits per heavy atom. The molecule has 0 aliphatic heterocycles. The Labute approximate surface area is 92.1 Å². The lowest BCUT2D eigenvalue weighted by Gasteiger charge is -2.09. The molecule has 0 fully saturated rings. The molecule has 0 saturated carbocycles. The number of thiazole rings is 1. The first kappa shape index (κ1) is 11.9. The van der Waals surface area contributed by atoms with Crippen LogP contribution in [0.15, 0.2) is 4.79 Å². The van der Waals surface area contributed by atoms with Gasteiger partial charge in [0, 0.05) is 18.8 Å². The summed E-state index contributed by atoms with van der Waals surface area (Å²) in [7, 11) is 3.87. The molecule has 1 amide bonds. The Morgan fingerprint density at radius 1 is 1.53 bits per heavy atom. The maximum absolute atomic E-state index is 11.6. The average Bonchev–Trinajstić information content (AvgIpc) is 2.44. The van der Waals surface area contributed by atoms with Gasteiger partial charge in [0.1, 0.15) is 4.88 Å². The van der Waals surface area contributed by atoms with Crippen molar-refractivity contribution in [3.05, 3.63) is 20.2 Å². The molecule has 1 aromatic rings. The zero-order valence-electron chi connectivity index (χ0n) is 9.09. The van der Waals surface area contributed by atoms with Crippen LogP contribution < -0.4 is 10.2 Å². The fourth-order valence-electron chi connectivity index (χ4n) is 1.09. The molecule has 1 heterocycles. The molecule has 6 heteroatoms. The van der Waals surface area contributed by atoms with E-state index in [9.17, 15) is 9.59 Å². The molecule has 0 saturated heterocycles. The first-order valence-corrected chi connectivity index (χ1v) is 5.45. The average molecular weight is 229 g/mol. The van der Waals surface area contributed by atoms with Crippen LogP contribution in [-0.4, -0.2) is 43.0 Å². The van der Waals surface area contributed by atoms with E-state index in [0.29, 0.717) is 17.1 Å². The van der Waals surface area contributed by atoms with E-state index in [-0.39, 0.29) is 10.8 Å². The Kier molecular flexibility index (Phi) is 4.05. The van der Waals surface area contributed by atoms with Crippen molar-refractivity contribution in [1.29, 1.82) is 0 Å². The molecule has 0 unspecified atom stereocenters. The van der Waals surface area contributed by atoms with Gasteiger partial charge < -0.3 is 15.2 Å². The summed E-state index contributed by atoms with van der Waals surface area (Å²) < 4.78 is 0. The third-order valence-electron chi connectivity index (χ3n) is 1.88. The second kappa shape index (κ2) is 5.09. The van der Waals surface area contributed by atoms with E-state index in [1.54, 1.807) is 6.92 Å². The van der Waals surface area contributed by atoms with Gasteiger partial charge in [-0.2, -0.15) is 0 Å². The SMILES string of the molecule is Cc1[nH]c(=O)sc1C(=O)NCCN(C)C. The van der Waals surface area contributed by atoms with Crippen LogP contribution in [0.2, 0.25) is 0 Å². The summed E-state index contributed by atoms with van der Waals surface area (Å²) in [6.45, 7) is 3.08. The fourth-order valence-corrected chi connectivity index (χ4v) is 1.85. The molecule has 0 aliphatic rings. The van der Waals surface area contributed by atoms with Crippen molar-refractivity contribution in [2.75, 3.05) is 27.2 Å². The number of nitrogens with zero attached hydrogens (tertiary/aromatic N) is 1. The molecule has 84 valence electrons. The molecule has 0 bridgehead atoms. The lowest BCUT2D eigenvalue weighted by atomic mass is 10.4. The minimum atomic E-state index is -0.190. The normalized spacial score (nSPS) is 10.7. The topological polar surface area (TPSA) is 65.2 Å². The Morgan fingerprint density at radius 2 is 2.20 bits per heavy atom. The highest BCUT2D eigenvalue weighted by Gasteiger charge is 2.12. The van der Waals surface area contributed by atoms with E-state index in [2.05, 4.69) is 10.3 Å². The van der Waals surface area contributed by atoms with E-state index in [0.717, 1.165) is 17.9 Å². The molecular weight excluding hydrogens is 214 g/mol. The highest BCUT2D eigenvalue weighted by Crippen LogP contribution is 2.06. The number of rotatable bonds is 4.